The number of nitro benzene ring substituents is 1. The summed E-state index contributed by atoms with van der Waals surface area (Å²) < 4.78 is 26.2. The van der Waals surface area contributed by atoms with Gasteiger partial charge in [-0.05, 0) is 0 Å². The number of nitrogens with zero attached hydrogens (tertiary/aromatic N) is 1. The van der Waals surface area contributed by atoms with Crippen LogP contribution >= 0.6 is 0 Å². The van der Waals surface area contributed by atoms with Gasteiger partial charge < -0.3 is 10.4 Å². The number of aliphatic hydroxyl groups excluding tert-OH is 1. The summed E-state index contributed by atoms with van der Waals surface area (Å²) >= 11 is 0. The van der Waals surface area contributed by atoms with Crippen LogP contribution in [0.3, 0.4) is 0 Å². The number of rotatable bonds is 4. The fourth-order valence-corrected chi connectivity index (χ4v) is 1.01. The van der Waals surface area contributed by atoms with Crippen molar-refractivity contribution in [3.8, 4) is 0 Å². The molecule has 0 fully saturated rings. The number of hydrogen-bond donors (Lipinski definition) is 2. The molecule has 2 N–H and O–H groups in total. The summed E-state index contributed by atoms with van der Waals surface area (Å²) in [6.07, 6.45) is 0. The van der Waals surface area contributed by atoms with Gasteiger partial charge in [0.05, 0.1) is 23.7 Å². The van der Waals surface area contributed by atoms with Crippen molar-refractivity contribution in [1.82, 2.24) is 0 Å². The zero-order valence-corrected chi connectivity index (χ0v) is 7.54. The monoisotopic (exact) mass is 218 g/mol. The molecule has 0 radical (unpaired) electrons. The number of non-ortho nitro benzene ring substituents is 1. The predicted octanol–water partition coefficient (Wildman–Crippen LogP) is 1.28. The van der Waals surface area contributed by atoms with E-state index in [0.29, 0.717) is 12.1 Å². The summed E-state index contributed by atoms with van der Waals surface area (Å²) in [4.78, 5) is 9.36. The van der Waals surface area contributed by atoms with E-state index in [1.165, 1.54) is 0 Å². The standard InChI is InChI=1S/C8H8F2N2O3/c9-6-3-5(12(14)15)4-7(10)8(6)11-1-2-13/h3-4,11,13H,1-2H2. The Balaban J connectivity index is 3.04. The molecule has 82 valence electrons. The molecule has 1 aromatic carbocycles. The maximum atomic E-state index is 13.1. The lowest BCUT2D eigenvalue weighted by molar-refractivity contribution is -0.385. The molecule has 0 spiro atoms. The quantitative estimate of drug-likeness (QED) is 0.589. The third kappa shape index (κ3) is 2.59. The van der Waals surface area contributed by atoms with E-state index in [0.717, 1.165) is 0 Å². The minimum absolute atomic E-state index is 0.0361. The van der Waals surface area contributed by atoms with E-state index < -0.39 is 27.9 Å². The van der Waals surface area contributed by atoms with Gasteiger partial charge in [-0.3, -0.25) is 10.1 Å². The number of halogens is 2. The van der Waals surface area contributed by atoms with Crippen molar-refractivity contribution in [3.05, 3.63) is 33.9 Å². The first-order valence-electron chi connectivity index (χ1n) is 4.04. The van der Waals surface area contributed by atoms with E-state index in [9.17, 15) is 18.9 Å². The normalized spacial score (nSPS) is 10.1. The van der Waals surface area contributed by atoms with Crippen LogP contribution < -0.4 is 5.32 Å². The smallest absolute Gasteiger partial charge is 0.275 e. The highest BCUT2D eigenvalue weighted by molar-refractivity contribution is 5.51. The lowest BCUT2D eigenvalue weighted by atomic mass is 10.2. The van der Waals surface area contributed by atoms with Crippen molar-refractivity contribution in [1.29, 1.82) is 0 Å². The first-order chi connectivity index (χ1) is 7.06. The Labute approximate surface area is 83.5 Å². The van der Waals surface area contributed by atoms with E-state index in [-0.39, 0.29) is 13.2 Å². The molecule has 0 saturated heterocycles. The summed E-state index contributed by atoms with van der Waals surface area (Å²) in [5, 5.41) is 21.0. The summed E-state index contributed by atoms with van der Waals surface area (Å²) in [5.74, 6) is -2.12. The van der Waals surface area contributed by atoms with Gasteiger partial charge in [0, 0.05) is 6.54 Å². The van der Waals surface area contributed by atoms with Gasteiger partial charge >= 0.3 is 0 Å². The third-order valence-corrected chi connectivity index (χ3v) is 1.65. The molecule has 0 aromatic heterocycles. The van der Waals surface area contributed by atoms with Crippen molar-refractivity contribution in [2.45, 2.75) is 0 Å². The molecule has 1 aromatic rings. The van der Waals surface area contributed by atoms with Gasteiger partial charge in [-0.25, -0.2) is 8.78 Å². The lowest BCUT2D eigenvalue weighted by Gasteiger charge is -2.06. The van der Waals surface area contributed by atoms with Crippen molar-refractivity contribution >= 4 is 11.4 Å². The van der Waals surface area contributed by atoms with Crippen LogP contribution in [0.15, 0.2) is 12.1 Å². The fourth-order valence-electron chi connectivity index (χ4n) is 1.01. The van der Waals surface area contributed by atoms with Gasteiger partial charge in [0.15, 0.2) is 11.6 Å². The second-order valence-electron chi connectivity index (χ2n) is 2.69. The minimum Gasteiger partial charge on any atom is -0.395 e. The minimum atomic E-state index is -1.06. The molecule has 0 heterocycles. The van der Waals surface area contributed by atoms with Crippen molar-refractivity contribution < 1.29 is 18.8 Å². The van der Waals surface area contributed by atoms with E-state index in [1.807, 2.05) is 0 Å². The molecule has 0 aliphatic rings. The maximum absolute atomic E-state index is 13.1. The van der Waals surface area contributed by atoms with Crippen molar-refractivity contribution in [2.75, 3.05) is 18.5 Å². The highest BCUT2D eigenvalue weighted by atomic mass is 19.1. The topological polar surface area (TPSA) is 75.4 Å². The number of nitrogens with one attached hydrogen (secondary N) is 1. The Bertz CT molecular complexity index is 361. The van der Waals surface area contributed by atoms with Crippen LogP contribution in [0.5, 0.6) is 0 Å². The maximum Gasteiger partial charge on any atom is 0.275 e. The van der Waals surface area contributed by atoms with Crippen LogP contribution in [0.4, 0.5) is 20.2 Å². The van der Waals surface area contributed by atoms with Gasteiger partial charge in [0.1, 0.15) is 5.69 Å². The summed E-state index contributed by atoms with van der Waals surface area (Å²) in [5.41, 5.74) is -1.13. The molecule has 7 heteroatoms. The average Bonchev–Trinajstić information content (AvgIpc) is 2.16. The van der Waals surface area contributed by atoms with E-state index >= 15 is 0 Å². The zero-order chi connectivity index (χ0) is 11.4. The molecule has 0 aliphatic carbocycles. The van der Waals surface area contributed by atoms with Gasteiger partial charge in [0.25, 0.3) is 5.69 Å². The Morgan fingerprint density at radius 1 is 1.40 bits per heavy atom. The second-order valence-corrected chi connectivity index (χ2v) is 2.69. The predicted molar refractivity (Wildman–Crippen MR) is 48.6 cm³/mol. The first kappa shape index (κ1) is 11.3. The van der Waals surface area contributed by atoms with Gasteiger partial charge in [0.2, 0.25) is 0 Å². The molecule has 5 nitrogen and oxygen atoms in total. The molecule has 0 aliphatic heterocycles. The lowest BCUT2D eigenvalue weighted by Crippen LogP contribution is -2.09. The molecule has 1 rings (SSSR count). The Hall–Kier alpha value is -1.76. The molecule has 0 bridgehead atoms. The second kappa shape index (κ2) is 4.65. The Morgan fingerprint density at radius 3 is 2.33 bits per heavy atom. The van der Waals surface area contributed by atoms with Gasteiger partial charge in [-0.15, -0.1) is 0 Å². The van der Waals surface area contributed by atoms with E-state index in [1.54, 1.807) is 0 Å². The fraction of sp³-hybridized carbons (Fsp3) is 0.250. The van der Waals surface area contributed by atoms with Gasteiger partial charge in [-0.2, -0.15) is 0 Å². The average molecular weight is 218 g/mol. The molecule has 0 amide bonds. The molecular formula is C8H8F2N2O3. The molecule has 0 atom stereocenters. The van der Waals surface area contributed by atoms with E-state index in [2.05, 4.69) is 5.32 Å². The number of aliphatic hydroxyl groups is 1. The van der Waals surface area contributed by atoms with Crippen LogP contribution in [-0.4, -0.2) is 23.2 Å². The van der Waals surface area contributed by atoms with Crippen molar-refractivity contribution in [3.63, 3.8) is 0 Å². The van der Waals surface area contributed by atoms with Crippen LogP contribution in [0, 0.1) is 21.7 Å². The molecule has 0 saturated carbocycles. The number of anilines is 1. The van der Waals surface area contributed by atoms with Crippen LogP contribution in [0.2, 0.25) is 0 Å². The molecule has 0 unspecified atom stereocenters. The highest BCUT2D eigenvalue weighted by Gasteiger charge is 2.16. The number of hydrogen-bond acceptors (Lipinski definition) is 4. The van der Waals surface area contributed by atoms with Crippen molar-refractivity contribution in [2.24, 2.45) is 0 Å². The highest BCUT2D eigenvalue weighted by Crippen LogP contribution is 2.24. The summed E-state index contributed by atoms with van der Waals surface area (Å²) in [6, 6.07) is 1.23. The Morgan fingerprint density at radius 2 is 1.93 bits per heavy atom. The number of nitro groups is 1. The first-order valence-corrected chi connectivity index (χ1v) is 4.04. The van der Waals surface area contributed by atoms with Crippen LogP contribution in [-0.2, 0) is 0 Å². The molecule has 15 heavy (non-hydrogen) atoms. The SMILES string of the molecule is O=[N+]([O-])c1cc(F)c(NCCO)c(F)c1. The van der Waals surface area contributed by atoms with E-state index in [4.69, 9.17) is 5.11 Å². The Kier molecular flexibility index (Phi) is 3.51. The third-order valence-electron chi connectivity index (χ3n) is 1.65. The molecular weight excluding hydrogens is 210 g/mol. The van der Waals surface area contributed by atoms with Gasteiger partial charge in [-0.1, -0.05) is 0 Å². The summed E-state index contributed by atoms with van der Waals surface area (Å²) in [6.45, 7) is -0.332. The zero-order valence-electron chi connectivity index (χ0n) is 7.54. The largest absolute Gasteiger partial charge is 0.395 e. The number of benzene rings is 1. The summed E-state index contributed by atoms with van der Waals surface area (Å²) in [7, 11) is 0. The van der Waals surface area contributed by atoms with Crippen LogP contribution in [0.25, 0.3) is 0 Å². The van der Waals surface area contributed by atoms with Crippen LogP contribution in [0.1, 0.15) is 0 Å².